The highest BCUT2D eigenvalue weighted by molar-refractivity contribution is 7.00. The van der Waals surface area contributed by atoms with Crippen molar-refractivity contribution in [2.75, 3.05) is 14.7 Å². The predicted octanol–water partition coefficient (Wildman–Crippen LogP) is 22.9. The van der Waals surface area contributed by atoms with Gasteiger partial charge in [0.05, 0.1) is 16.7 Å². The maximum atomic E-state index is 2.69. The largest absolute Gasteiger partial charge is 0.311 e. The first-order valence-electron chi connectivity index (χ1n) is 33.6. The molecule has 0 bridgehead atoms. The molecular weight excluding hydrogens is 1150 g/mol. The zero-order chi connectivity index (χ0) is 64.9. The molecule has 460 valence electrons. The van der Waals surface area contributed by atoms with Crippen LogP contribution in [-0.4, -0.2) is 11.3 Å². The van der Waals surface area contributed by atoms with Crippen LogP contribution in [0.1, 0.15) is 79.0 Å². The fraction of sp³-hybridized carbons (Fsp3) is 0.133. The van der Waals surface area contributed by atoms with Gasteiger partial charge in [-0.3, -0.25) is 0 Å². The molecule has 0 aliphatic carbocycles. The number of hydrogen-bond donors (Lipinski definition) is 0. The van der Waals surface area contributed by atoms with Gasteiger partial charge in [-0.15, -0.1) is 0 Å². The Morgan fingerprint density at radius 3 is 1.35 bits per heavy atom. The summed E-state index contributed by atoms with van der Waals surface area (Å²) < 4.78 is 2.50. The number of benzene rings is 13. The standard InChI is InChI=1S/C90H77BN4/c1-88(2,3)66-51-65(52-67(55-66)89(4,5)6)64-45-48-78-82(54-64)95(87-74(61-31-17-11-18-32-61)42-28-43-75(87)62-33-19-12-20-34-62)85-57-68(90(7,8)9)56-84-86(85)91(78)79-49-46-73(59-83(79)94(84)71-40-27-35-63(53-71)60-29-15-10-16-30-60)93-80-44-26-25-41-76(80)77-58-72(47-50-81(77)93)92(69-36-21-13-22-37-69)70-38-23-14-24-39-70/h10-59H,1-9H3. The predicted molar refractivity (Wildman–Crippen MR) is 407 cm³/mol. The highest BCUT2D eigenvalue weighted by Crippen LogP contribution is 2.53. The van der Waals surface area contributed by atoms with E-state index in [1.165, 1.54) is 88.7 Å². The fourth-order valence-electron chi connectivity index (χ4n) is 14.8. The van der Waals surface area contributed by atoms with Gasteiger partial charge in [0.2, 0.25) is 0 Å². The average molecular weight is 1230 g/mol. The minimum Gasteiger partial charge on any atom is -0.311 e. The lowest BCUT2D eigenvalue weighted by molar-refractivity contribution is 0.569. The molecule has 0 saturated heterocycles. The molecule has 0 radical (unpaired) electrons. The van der Waals surface area contributed by atoms with Gasteiger partial charge < -0.3 is 19.3 Å². The van der Waals surface area contributed by atoms with Gasteiger partial charge in [0.1, 0.15) is 0 Å². The van der Waals surface area contributed by atoms with Crippen molar-refractivity contribution in [1.82, 2.24) is 4.57 Å². The Hall–Kier alpha value is -10.9. The third-order valence-electron chi connectivity index (χ3n) is 19.8. The van der Waals surface area contributed by atoms with Crippen molar-refractivity contribution in [3.05, 3.63) is 320 Å². The summed E-state index contributed by atoms with van der Waals surface area (Å²) in [6, 6.07) is 114. The number of rotatable bonds is 10. The Balaban J connectivity index is 1.00. The van der Waals surface area contributed by atoms with Gasteiger partial charge in [0, 0.05) is 73.1 Å². The Bertz CT molecular complexity index is 5120. The van der Waals surface area contributed by atoms with Crippen molar-refractivity contribution in [3.8, 4) is 50.2 Å². The lowest BCUT2D eigenvalue weighted by Gasteiger charge is -2.46. The summed E-state index contributed by atoms with van der Waals surface area (Å²) in [6.45, 7) is 21.0. The SMILES string of the molecule is CC(C)(C)c1cc(-c2ccc3c(c2)N(c2c(-c4ccccc4)cccc2-c2ccccc2)c2cc(C(C)(C)C)cc4c2B3c2ccc(-n3c5ccccc5c5cc(N(c6ccccc6)c6ccccc6)ccc53)cc2N4c2cccc(-c3ccccc3)c2)cc(C(C)(C)C)c1. The molecule has 14 aromatic rings. The van der Waals surface area contributed by atoms with E-state index in [1.807, 2.05) is 0 Å². The summed E-state index contributed by atoms with van der Waals surface area (Å²) in [4.78, 5) is 7.67. The van der Waals surface area contributed by atoms with E-state index in [9.17, 15) is 0 Å². The van der Waals surface area contributed by atoms with E-state index in [4.69, 9.17) is 0 Å². The van der Waals surface area contributed by atoms with E-state index < -0.39 is 0 Å². The highest BCUT2D eigenvalue weighted by atomic mass is 15.2. The molecule has 13 aromatic carbocycles. The Kier molecular flexibility index (Phi) is 14.3. The van der Waals surface area contributed by atoms with Crippen LogP contribution in [0.25, 0.3) is 72.0 Å². The molecule has 95 heavy (non-hydrogen) atoms. The van der Waals surface area contributed by atoms with Crippen LogP contribution in [0.2, 0.25) is 0 Å². The molecule has 0 amide bonds. The molecule has 0 unspecified atom stereocenters. The van der Waals surface area contributed by atoms with Crippen molar-refractivity contribution in [3.63, 3.8) is 0 Å². The second kappa shape index (κ2) is 23.0. The van der Waals surface area contributed by atoms with Gasteiger partial charge in [-0.1, -0.05) is 275 Å². The van der Waals surface area contributed by atoms with Crippen LogP contribution in [0.5, 0.6) is 0 Å². The summed E-state index contributed by atoms with van der Waals surface area (Å²) in [5.74, 6) is 0. The number of para-hydroxylation sites is 4. The second-order valence-electron chi connectivity index (χ2n) is 29.0. The van der Waals surface area contributed by atoms with Crippen LogP contribution in [0.3, 0.4) is 0 Å². The molecule has 2 aliphatic rings. The average Bonchev–Trinajstić information content (AvgIpc) is 0.883. The van der Waals surface area contributed by atoms with Crippen molar-refractivity contribution in [1.29, 1.82) is 0 Å². The van der Waals surface area contributed by atoms with E-state index >= 15 is 0 Å². The minimum atomic E-state index is -0.259. The van der Waals surface area contributed by atoms with Gasteiger partial charge >= 0.3 is 0 Å². The molecule has 0 saturated carbocycles. The molecule has 3 heterocycles. The lowest BCUT2D eigenvalue weighted by atomic mass is 9.33. The third-order valence-corrected chi connectivity index (χ3v) is 19.8. The first-order chi connectivity index (χ1) is 46.0. The van der Waals surface area contributed by atoms with Gasteiger partial charge in [-0.2, -0.15) is 0 Å². The molecular formula is C90H77BN4. The molecule has 2 aliphatic heterocycles. The van der Waals surface area contributed by atoms with Crippen molar-refractivity contribution < 1.29 is 0 Å². The zero-order valence-electron chi connectivity index (χ0n) is 55.7. The van der Waals surface area contributed by atoms with Gasteiger partial charge in [-0.25, -0.2) is 0 Å². The van der Waals surface area contributed by atoms with E-state index in [0.29, 0.717) is 0 Å². The van der Waals surface area contributed by atoms with Crippen LogP contribution in [0.15, 0.2) is 303 Å². The molecule has 5 heteroatoms. The topological polar surface area (TPSA) is 14.7 Å². The minimum absolute atomic E-state index is 0.0700. The smallest absolute Gasteiger partial charge is 0.252 e. The molecule has 4 nitrogen and oxygen atoms in total. The molecule has 0 fully saturated rings. The van der Waals surface area contributed by atoms with Crippen LogP contribution in [0.4, 0.5) is 51.2 Å². The number of nitrogens with zero attached hydrogens (tertiary/aromatic N) is 4. The first kappa shape index (κ1) is 59.2. The van der Waals surface area contributed by atoms with Gasteiger partial charge in [-0.05, 0) is 174 Å². The van der Waals surface area contributed by atoms with E-state index in [1.54, 1.807) is 0 Å². The summed E-state index contributed by atoms with van der Waals surface area (Å²) in [7, 11) is 0. The summed E-state index contributed by atoms with van der Waals surface area (Å²) in [5, 5.41) is 2.39. The number of anilines is 9. The Morgan fingerprint density at radius 2 is 0.758 bits per heavy atom. The van der Waals surface area contributed by atoms with E-state index in [2.05, 4.69) is 385 Å². The first-order valence-corrected chi connectivity index (χ1v) is 33.6. The Labute approximate surface area is 560 Å². The second-order valence-corrected chi connectivity index (χ2v) is 29.0. The number of fused-ring (bicyclic) bond motifs is 7. The highest BCUT2D eigenvalue weighted by Gasteiger charge is 2.45. The van der Waals surface area contributed by atoms with Gasteiger partial charge in [0.15, 0.2) is 0 Å². The van der Waals surface area contributed by atoms with Crippen LogP contribution in [-0.2, 0) is 16.2 Å². The van der Waals surface area contributed by atoms with Crippen LogP contribution in [0, 0.1) is 0 Å². The zero-order valence-corrected chi connectivity index (χ0v) is 55.7. The molecule has 0 atom stereocenters. The maximum Gasteiger partial charge on any atom is 0.252 e. The molecule has 0 N–H and O–H groups in total. The van der Waals surface area contributed by atoms with E-state index in [0.717, 1.165) is 67.5 Å². The van der Waals surface area contributed by atoms with E-state index in [-0.39, 0.29) is 23.0 Å². The summed E-state index contributed by atoms with van der Waals surface area (Å²) >= 11 is 0. The number of aromatic nitrogens is 1. The lowest BCUT2D eigenvalue weighted by Crippen LogP contribution is -2.61. The Morgan fingerprint density at radius 1 is 0.284 bits per heavy atom. The number of hydrogen-bond acceptors (Lipinski definition) is 3. The molecule has 0 spiro atoms. The monoisotopic (exact) mass is 1220 g/mol. The van der Waals surface area contributed by atoms with Crippen molar-refractivity contribution >= 4 is 96.1 Å². The molecule has 16 rings (SSSR count). The van der Waals surface area contributed by atoms with Crippen LogP contribution >= 0.6 is 0 Å². The van der Waals surface area contributed by atoms with Crippen molar-refractivity contribution in [2.45, 2.75) is 78.6 Å². The van der Waals surface area contributed by atoms with Crippen molar-refractivity contribution in [2.24, 2.45) is 0 Å². The maximum absolute atomic E-state index is 2.69. The molecule has 1 aromatic heterocycles. The summed E-state index contributed by atoms with van der Waals surface area (Å²) in [6.07, 6.45) is 0. The summed E-state index contributed by atoms with van der Waals surface area (Å²) in [5.41, 5.74) is 30.3. The third kappa shape index (κ3) is 10.4. The normalized spacial score (nSPS) is 12.8. The quantitative estimate of drug-likeness (QED) is 0.127. The van der Waals surface area contributed by atoms with Crippen LogP contribution < -0.4 is 31.1 Å². The van der Waals surface area contributed by atoms with Gasteiger partial charge in [0.25, 0.3) is 6.71 Å². The fourth-order valence-corrected chi connectivity index (χ4v) is 14.8.